The van der Waals surface area contributed by atoms with Gasteiger partial charge in [0.1, 0.15) is 0 Å². The fourth-order valence-corrected chi connectivity index (χ4v) is 1.51. The van der Waals surface area contributed by atoms with Crippen LogP contribution in [0.5, 0.6) is 0 Å². The molecule has 0 heterocycles. The van der Waals surface area contributed by atoms with Gasteiger partial charge in [0.05, 0.1) is 12.2 Å². The number of esters is 1. The van der Waals surface area contributed by atoms with Gasteiger partial charge in [0.25, 0.3) is 0 Å². The number of nitrogens with zero attached hydrogens (tertiary/aromatic N) is 1. The minimum absolute atomic E-state index is 0.00985. The van der Waals surface area contributed by atoms with Crippen molar-refractivity contribution in [2.45, 2.75) is 46.6 Å². The molecule has 1 N–H and O–H groups in total. The molecule has 0 fully saturated rings. The van der Waals surface area contributed by atoms with Crippen LogP contribution in [0.4, 0.5) is 0 Å². The number of carbonyl (C=O) groups excluding carboxylic acids is 1. The maximum absolute atomic E-state index is 11.6. The highest BCUT2D eigenvalue weighted by molar-refractivity contribution is 6.04. The second-order valence-electron chi connectivity index (χ2n) is 4.02. The zero-order valence-corrected chi connectivity index (χ0v) is 10.4. The van der Waals surface area contributed by atoms with Crippen molar-refractivity contribution in [1.82, 2.24) is 0 Å². The SMILES string of the molecule is CCC(CC)C(=N)C(C#N)C(=O)OC(C)C. The molecule has 0 saturated heterocycles. The standard InChI is InChI=1S/C12H20N2O2/c1-5-9(6-2)11(14)10(7-13)12(15)16-8(3)4/h8-10,14H,5-6H2,1-4H3. The molecule has 4 heteroatoms. The van der Waals surface area contributed by atoms with Gasteiger partial charge in [-0.1, -0.05) is 13.8 Å². The number of hydrogen-bond donors (Lipinski definition) is 1. The van der Waals surface area contributed by atoms with Crippen molar-refractivity contribution in [1.29, 1.82) is 10.7 Å². The van der Waals surface area contributed by atoms with Crippen molar-refractivity contribution in [3.63, 3.8) is 0 Å². The molecule has 0 rings (SSSR count). The van der Waals surface area contributed by atoms with Crippen LogP contribution in [0, 0.1) is 28.6 Å². The Morgan fingerprint density at radius 2 is 1.88 bits per heavy atom. The predicted molar refractivity (Wildman–Crippen MR) is 62.1 cm³/mol. The smallest absolute Gasteiger partial charge is 0.329 e. The maximum Gasteiger partial charge on any atom is 0.329 e. The first kappa shape index (κ1) is 14.6. The van der Waals surface area contributed by atoms with E-state index in [-0.39, 0.29) is 17.7 Å². The molecule has 0 amide bonds. The Labute approximate surface area is 97.1 Å². The van der Waals surface area contributed by atoms with E-state index in [4.69, 9.17) is 15.4 Å². The summed E-state index contributed by atoms with van der Waals surface area (Å²) in [5.74, 6) is -1.66. The molecule has 1 atom stereocenters. The molecule has 1 unspecified atom stereocenters. The summed E-state index contributed by atoms with van der Waals surface area (Å²) in [4.78, 5) is 11.6. The minimum Gasteiger partial charge on any atom is -0.462 e. The predicted octanol–water partition coefficient (Wildman–Crippen LogP) is 2.53. The van der Waals surface area contributed by atoms with Gasteiger partial charge in [-0.05, 0) is 32.6 Å². The lowest BCUT2D eigenvalue weighted by molar-refractivity contribution is -0.148. The quantitative estimate of drug-likeness (QED) is 0.556. The summed E-state index contributed by atoms with van der Waals surface area (Å²) in [5, 5.41) is 16.8. The number of nitrogens with one attached hydrogen (secondary N) is 1. The monoisotopic (exact) mass is 224 g/mol. The molecular weight excluding hydrogens is 204 g/mol. The third kappa shape index (κ3) is 4.01. The highest BCUT2D eigenvalue weighted by atomic mass is 16.5. The first-order valence-corrected chi connectivity index (χ1v) is 5.66. The van der Waals surface area contributed by atoms with Gasteiger partial charge in [0.15, 0.2) is 5.92 Å². The van der Waals surface area contributed by atoms with E-state index in [0.717, 1.165) is 12.8 Å². The van der Waals surface area contributed by atoms with E-state index in [1.54, 1.807) is 13.8 Å². The molecule has 0 radical (unpaired) electrons. The van der Waals surface area contributed by atoms with Crippen LogP contribution in [-0.2, 0) is 9.53 Å². The second-order valence-corrected chi connectivity index (χ2v) is 4.02. The fraction of sp³-hybridized carbons (Fsp3) is 0.750. The number of rotatable bonds is 6. The Morgan fingerprint density at radius 3 is 2.19 bits per heavy atom. The highest BCUT2D eigenvalue weighted by Crippen LogP contribution is 2.16. The number of hydrogen-bond acceptors (Lipinski definition) is 4. The van der Waals surface area contributed by atoms with Crippen molar-refractivity contribution in [3.8, 4) is 6.07 Å². The molecule has 0 saturated carbocycles. The molecular formula is C12H20N2O2. The van der Waals surface area contributed by atoms with Crippen LogP contribution in [0.3, 0.4) is 0 Å². The van der Waals surface area contributed by atoms with Gasteiger partial charge < -0.3 is 10.1 Å². The van der Waals surface area contributed by atoms with E-state index in [9.17, 15) is 4.79 Å². The van der Waals surface area contributed by atoms with Crippen molar-refractivity contribution in [3.05, 3.63) is 0 Å². The molecule has 0 aliphatic carbocycles. The molecule has 0 aromatic rings. The molecule has 90 valence electrons. The fourth-order valence-electron chi connectivity index (χ4n) is 1.51. The summed E-state index contributed by atoms with van der Waals surface area (Å²) in [5.41, 5.74) is 0.179. The van der Waals surface area contributed by atoms with E-state index in [1.807, 2.05) is 19.9 Å². The van der Waals surface area contributed by atoms with E-state index in [1.165, 1.54) is 0 Å². The third-order valence-corrected chi connectivity index (χ3v) is 2.45. The molecule has 0 aliphatic rings. The summed E-state index contributed by atoms with van der Waals surface area (Å²) >= 11 is 0. The van der Waals surface area contributed by atoms with Crippen molar-refractivity contribution in [2.75, 3.05) is 0 Å². The van der Waals surface area contributed by atoms with Crippen LogP contribution >= 0.6 is 0 Å². The van der Waals surface area contributed by atoms with Gasteiger partial charge in [-0.2, -0.15) is 5.26 Å². The number of carbonyl (C=O) groups is 1. The van der Waals surface area contributed by atoms with Crippen LogP contribution in [0.1, 0.15) is 40.5 Å². The summed E-state index contributed by atoms with van der Waals surface area (Å²) in [7, 11) is 0. The average Bonchev–Trinajstić information content (AvgIpc) is 2.19. The average molecular weight is 224 g/mol. The van der Waals surface area contributed by atoms with Crippen molar-refractivity contribution >= 4 is 11.7 Å². The lowest BCUT2D eigenvalue weighted by Gasteiger charge is -2.18. The topological polar surface area (TPSA) is 73.9 Å². The molecule has 0 bridgehead atoms. The van der Waals surface area contributed by atoms with Crippen molar-refractivity contribution < 1.29 is 9.53 Å². The molecule has 16 heavy (non-hydrogen) atoms. The Hall–Kier alpha value is -1.37. The first-order valence-electron chi connectivity index (χ1n) is 5.66. The van der Waals surface area contributed by atoms with E-state index < -0.39 is 11.9 Å². The van der Waals surface area contributed by atoms with Gasteiger partial charge >= 0.3 is 5.97 Å². The van der Waals surface area contributed by atoms with Crippen LogP contribution in [0.2, 0.25) is 0 Å². The van der Waals surface area contributed by atoms with Crippen molar-refractivity contribution in [2.24, 2.45) is 11.8 Å². The Kier molecular flexibility index (Phi) is 6.40. The van der Waals surface area contributed by atoms with Crippen LogP contribution in [-0.4, -0.2) is 17.8 Å². The Bertz CT molecular complexity index is 288. The third-order valence-electron chi connectivity index (χ3n) is 2.45. The molecule has 0 aromatic heterocycles. The second kappa shape index (κ2) is 7.00. The Balaban J connectivity index is 4.68. The van der Waals surface area contributed by atoms with E-state index in [0.29, 0.717) is 0 Å². The lowest BCUT2D eigenvalue weighted by atomic mass is 9.89. The van der Waals surface area contributed by atoms with E-state index in [2.05, 4.69) is 0 Å². The summed E-state index contributed by atoms with van der Waals surface area (Å²) in [6, 6.07) is 1.86. The zero-order valence-electron chi connectivity index (χ0n) is 10.4. The summed E-state index contributed by atoms with van der Waals surface area (Å²) in [6.45, 7) is 7.36. The summed E-state index contributed by atoms with van der Waals surface area (Å²) in [6.07, 6.45) is 1.28. The maximum atomic E-state index is 11.6. The first-order chi connectivity index (χ1) is 7.47. The molecule has 0 aromatic carbocycles. The van der Waals surface area contributed by atoms with Crippen LogP contribution < -0.4 is 0 Å². The van der Waals surface area contributed by atoms with Gasteiger partial charge in [0, 0.05) is 5.71 Å². The van der Waals surface area contributed by atoms with Gasteiger partial charge in [-0.25, -0.2) is 0 Å². The largest absolute Gasteiger partial charge is 0.462 e. The minimum atomic E-state index is -1.05. The number of nitriles is 1. The van der Waals surface area contributed by atoms with Gasteiger partial charge in [-0.15, -0.1) is 0 Å². The van der Waals surface area contributed by atoms with E-state index >= 15 is 0 Å². The normalized spacial score (nSPS) is 12.3. The molecule has 0 spiro atoms. The molecule has 0 aliphatic heterocycles. The number of ether oxygens (including phenoxy) is 1. The van der Waals surface area contributed by atoms with Crippen LogP contribution in [0.15, 0.2) is 0 Å². The lowest BCUT2D eigenvalue weighted by Crippen LogP contribution is -2.30. The van der Waals surface area contributed by atoms with Gasteiger partial charge in [-0.3, -0.25) is 4.79 Å². The Morgan fingerprint density at radius 1 is 1.38 bits per heavy atom. The van der Waals surface area contributed by atoms with Gasteiger partial charge in [0.2, 0.25) is 0 Å². The molecule has 4 nitrogen and oxygen atoms in total. The highest BCUT2D eigenvalue weighted by Gasteiger charge is 2.29. The summed E-state index contributed by atoms with van der Waals surface area (Å²) < 4.78 is 4.96. The zero-order chi connectivity index (χ0) is 12.7. The van der Waals surface area contributed by atoms with Crippen LogP contribution in [0.25, 0.3) is 0 Å².